The number of aliphatic hydroxyl groups is 1. The van der Waals surface area contributed by atoms with Crippen molar-refractivity contribution >= 4 is 30.8 Å². The highest BCUT2D eigenvalue weighted by atomic mass is 31.2. The van der Waals surface area contributed by atoms with Crippen molar-refractivity contribution in [2.24, 2.45) is 5.11 Å². The molecule has 41 heavy (non-hydrogen) atoms. The predicted molar refractivity (Wildman–Crippen MR) is 144 cm³/mol. The molecule has 1 unspecified atom stereocenters. The van der Waals surface area contributed by atoms with E-state index in [1.165, 1.54) is 31.9 Å². The molecule has 0 aliphatic carbocycles. The van der Waals surface area contributed by atoms with Crippen LogP contribution in [0.25, 0.3) is 21.6 Å². The number of benzene rings is 1. The monoisotopic (exact) mass is 591 g/mol. The Balaban J connectivity index is 1.64. The van der Waals surface area contributed by atoms with Crippen LogP contribution in [0.3, 0.4) is 0 Å². The third-order valence-corrected chi connectivity index (χ3v) is 7.88. The lowest BCUT2D eigenvalue weighted by Crippen LogP contribution is -2.43. The number of aromatic nitrogens is 4. The highest BCUT2D eigenvalue weighted by Crippen LogP contribution is 2.48. The number of hydrogen-bond donors (Lipinski definition) is 3. The van der Waals surface area contributed by atoms with E-state index in [9.17, 15) is 20.0 Å². The second kappa shape index (κ2) is 12.3. The van der Waals surface area contributed by atoms with E-state index in [-0.39, 0.29) is 28.7 Å². The topological polar surface area (TPSA) is 231 Å². The smallest absolute Gasteiger partial charge is 0.459 e. The molecule has 1 aliphatic heterocycles. The summed E-state index contributed by atoms with van der Waals surface area (Å²) in [7, 11) is -3.08. The van der Waals surface area contributed by atoms with Crippen LogP contribution in [0.5, 0.6) is 11.6 Å². The normalized spacial score (nSPS) is 24.3. The van der Waals surface area contributed by atoms with E-state index < -0.39 is 50.3 Å². The number of fused-ring (bicyclic) bond motifs is 1. The molecule has 0 bridgehead atoms. The van der Waals surface area contributed by atoms with E-state index in [0.717, 1.165) is 0 Å². The average Bonchev–Trinajstić information content (AvgIpc) is 3.46. The number of imidazole rings is 1. The summed E-state index contributed by atoms with van der Waals surface area (Å²) in [4.78, 5) is 27.5. The number of carbonyl (C=O) groups excluding carboxylic acids is 1. The van der Waals surface area contributed by atoms with Crippen molar-refractivity contribution in [2.45, 2.75) is 50.8 Å². The molecule has 2 aromatic heterocycles. The maximum absolute atomic E-state index is 13.7. The molecule has 1 saturated heterocycles. The van der Waals surface area contributed by atoms with Crippen LogP contribution >= 0.6 is 7.75 Å². The van der Waals surface area contributed by atoms with E-state index in [0.29, 0.717) is 6.61 Å². The molecule has 3 aromatic rings. The molecule has 17 nitrogen and oxygen atoms in total. The number of anilines is 1. The Morgan fingerprint density at radius 2 is 2.12 bits per heavy atom. The van der Waals surface area contributed by atoms with Gasteiger partial charge in [0, 0.05) is 4.91 Å². The zero-order valence-corrected chi connectivity index (χ0v) is 23.5. The third-order valence-electron chi connectivity index (χ3n) is 6.24. The van der Waals surface area contributed by atoms with Crippen molar-refractivity contribution in [3.05, 3.63) is 47.1 Å². The van der Waals surface area contributed by atoms with Gasteiger partial charge >= 0.3 is 13.7 Å². The first kappa shape index (κ1) is 30.0. The predicted octanol–water partition coefficient (Wildman–Crippen LogP) is 2.49. The molecular formula is C23H30N9O8P. The van der Waals surface area contributed by atoms with Crippen LogP contribution in [-0.4, -0.2) is 74.7 Å². The largest absolute Gasteiger partial charge is 0.476 e. The van der Waals surface area contributed by atoms with Crippen LogP contribution in [0.1, 0.15) is 27.0 Å². The first-order valence-electron chi connectivity index (χ1n) is 12.4. The quantitative estimate of drug-likeness (QED) is 0.0904. The van der Waals surface area contributed by atoms with Gasteiger partial charge in [0.05, 0.1) is 32.8 Å². The van der Waals surface area contributed by atoms with Crippen molar-refractivity contribution in [3.63, 3.8) is 0 Å². The molecule has 0 amide bonds. The Labute approximate surface area is 234 Å². The average molecular weight is 592 g/mol. The van der Waals surface area contributed by atoms with Gasteiger partial charge in [-0.3, -0.25) is 13.9 Å². The van der Waals surface area contributed by atoms with Crippen molar-refractivity contribution in [1.29, 1.82) is 0 Å². The fourth-order valence-electron chi connectivity index (χ4n) is 4.25. The number of nitrogens with one attached hydrogen (secondary N) is 1. The van der Waals surface area contributed by atoms with E-state index in [2.05, 4.69) is 30.1 Å². The van der Waals surface area contributed by atoms with E-state index in [1.54, 1.807) is 37.3 Å². The Bertz CT molecular complexity index is 1480. The zero-order chi connectivity index (χ0) is 29.8. The molecule has 0 radical (unpaired) electrons. The second-order valence-corrected chi connectivity index (χ2v) is 10.8. The van der Waals surface area contributed by atoms with Gasteiger partial charge in [0.2, 0.25) is 11.8 Å². The van der Waals surface area contributed by atoms with Gasteiger partial charge in [0.25, 0.3) is 0 Å². The third kappa shape index (κ3) is 6.20. The summed E-state index contributed by atoms with van der Waals surface area (Å²) in [6.45, 7) is 4.44. The fourth-order valence-corrected chi connectivity index (χ4v) is 5.75. The minimum Gasteiger partial charge on any atom is -0.476 e. The van der Waals surface area contributed by atoms with Crippen molar-refractivity contribution in [1.82, 2.24) is 24.6 Å². The van der Waals surface area contributed by atoms with Gasteiger partial charge in [-0.1, -0.05) is 23.3 Å². The lowest BCUT2D eigenvalue weighted by molar-refractivity contribution is -0.142. The number of esters is 1. The molecular weight excluding hydrogens is 561 g/mol. The zero-order valence-electron chi connectivity index (χ0n) is 22.6. The number of methoxy groups -OCH3 is 1. The Hall–Kier alpha value is -3.98. The molecule has 3 heterocycles. The fraction of sp³-hybridized carbons (Fsp3) is 0.478. The van der Waals surface area contributed by atoms with E-state index in [1.807, 2.05) is 0 Å². The Morgan fingerprint density at radius 1 is 1.39 bits per heavy atom. The Morgan fingerprint density at radius 3 is 2.78 bits per heavy atom. The second-order valence-electron chi connectivity index (χ2n) is 9.10. The number of rotatable bonds is 12. The van der Waals surface area contributed by atoms with Gasteiger partial charge in [-0.15, -0.1) is 0 Å². The Kier molecular flexibility index (Phi) is 8.97. The molecule has 1 aliphatic rings. The number of hydrogen-bond acceptors (Lipinski definition) is 13. The highest BCUT2D eigenvalue weighted by Gasteiger charge is 2.55. The van der Waals surface area contributed by atoms with Gasteiger partial charge in [-0.2, -0.15) is 15.1 Å². The van der Waals surface area contributed by atoms with Gasteiger partial charge in [0.15, 0.2) is 17.4 Å². The first-order chi connectivity index (χ1) is 19.5. The van der Waals surface area contributed by atoms with Gasteiger partial charge < -0.3 is 29.6 Å². The molecule has 4 N–H and O–H groups in total. The standard InChI is InChI=1S/C23H30N9O8P/c1-5-37-19-16-18(27-22(24)28-19)32(12-26-16)21-23(3,30-31-25)17(33)15(39-21)11-38-41(35,29-13(2)20(34)36-4)40-14-9-7-6-8-10-14/h6-10,12-13,15,17,21,33H,5,11H2,1-4H3,(H,29,35)(H2,24,27,28)/t13-,15+,17+,21+,23+,41?/m0/s1. The van der Waals surface area contributed by atoms with E-state index in [4.69, 9.17) is 29.0 Å². The van der Waals surface area contributed by atoms with Gasteiger partial charge in [0.1, 0.15) is 23.4 Å². The number of nitrogen functional groups attached to an aromatic ring is 1. The maximum Gasteiger partial charge on any atom is 0.459 e. The number of nitrogens with zero attached hydrogens (tertiary/aromatic N) is 7. The number of aliphatic hydroxyl groups excluding tert-OH is 1. The van der Waals surface area contributed by atoms with Gasteiger partial charge in [-0.25, -0.2) is 9.55 Å². The number of nitrogens with two attached hydrogens (primary N) is 1. The summed E-state index contributed by atoms with van der Waals surface area (Å²) >= 11 is 0. The van der Waals surface area contributed by atoms with Crippen LogP contribution in [0.2, 0.25) is 0 Å². The van der Waals surface area contributed by atoms with Crippen LogP contribution < -0.4 is 20.1 Å². The molecule has 0 spiro atoms. The van der Waals surface area contributed by atoms with Gasteiger partial charge in [-0.05, 0) is 38.4 Å². The highest BCUT2D eigenvalue weighted by molar-refractivity contribution is 7.52. The summed E-state index contributed by atoms with van der Waals surface area (Å²) in [6.07, 6.45) is -2.46. The minimum absolute atomic E-state index is 0.101. The molecule has 220 valence electrons. The maximum atomic E-state index is 13.7. The molecule has 18 heteroatoms. The molecule has 1 fully saturated rings. The lowest BCUT2D eigenvalue weighted by atomic mass is 9.93. The number of para-hydroxylation sites is 1. The van der Waals surface area contributed by atoms with Crippen molar-refractivity contribution < 1.29 is 37.7 Å². The summed E-state index contributed by atoms with van der Waals surface area (Å²) in [5, 5.41) is 17.6. The summed E-state index contributed by atoms with van der Waals surface area (Å²) in [5.41, 5.74) is 14.1. The molecule has 1 aromatic carbocycles. The summed E-state index contributed by atoms with van der Waals surface area (Å²) in [6, 6.07) is 7.07. The number of azide groups is 1. The SMILES string of the molecule is CCOc1nc(N)nc2c1ncn2[C@@H]1O[C@H](COP(=O)(N[C@@H](C)C(=O)OC)Oc2ccccc2)[C@@H](O)[C@@]1(C)N=[N+]=[N-]. The number of ether oxygens (including phenoxy) is 3. The van der Waals surface area contributed by atoms with Crippen LogP contribution in [0.15, 0.2) is 41.8 Å². The summed E-state index contributed by atoms with van der Waals surface area (Å²) < 4.78 is 42.7. The lowest BCUT2D eigenvalue weighted by Gasteiger charge is -2.28. The first-order valence-corrected chi connectivity index (χ1v) is 14.0. The van der Waals surface area contributed by atoms with Crippen molar-refractivity contribution in [2.75, 3.05) is 26.1 Å². The summed E-state index contributed by atoms with van der Waals surface area (Å²) in [5.74, 6) is -0.477. The minimum atomic E-state index is -4.26. The molecule has 4 rings (SSSR count). The van der Waals surface area contributed by atoms with Crippen LogP contribution in [-0.2, 0) is 23.4 Å². The number of carbonyl (C=O) groups is 1. The van der Waals surface area contributed by atoms with Crippen LogP contribution in [0, 0.1) is 0 Å². The molecule has 6 atom stereocenters. The van der Waals surface area contributed by atoms with E-state index >= 15 is 0 Å². The van der Waals surface area contributed by atoms with Crippen molar-refractivity contribution in [3.8, 4) is 11.6 Å². The van der Waals surface area contributed by atoms with Crippen LogP contribution in [0.4, 0.5) is 5.95 Å². The molecule has 0 saturated carbocycles.